The molecular weight excluding hydrogens is 256 g/mol. The van der Waals surface area contributed by atoms with Gasteiger partial charge in [0.1, 0.15) is 5.78 Å². The van der Waals surface area contributed by atoms with Crippen LogP contribution in [-0.2, 0) is 4.79 Å². The number of benzene rings is 2. The molecule has 1 unspecified atom stereocenters. The molecule has 2 aromatic rings. The summed E-state index contributed by atoms with van der Waals surface area (Å²) >= 11 is 0. The molecule has 1 heteroatoms. The summed E-state index contributed by atoms with van der Waals surface area (Å²) in [5.74, 6) is 0.790. The Bertz CT molecular complexity index is 576. The summed E-state index contributed by atoms with van der Waals surface area (Å²) in [7, 11) is 0. The molecule has 0 amide bonds. The zero-order valence-corrected chi connectivity index (χ0v) is 12.8. The van der Waals surface area contributed by atoms with E-state index in [2.05, 4.69) is 62.4 Å². The van der Waals surface area contributed by atoms with Gasteiger partial charge in [0.2, 0.25) is 0 Å². The molecule has 1 aliphatic rings. The van der Waals surface area contributed by atoms with Crippen LogP contribution in [0.3, 0.4) is 0 Å². The molecule has 0 aliphatic heterocycles. The zero-order valence-electron chi connectivity index (χ0n) is 12.8. The number of hydrogen-bond donors (Lipinski definition) is 0. The predicted octanol–water partition coefficient (Wildman–Crippen LogP) is 4.80. The lowest BCUT2D eigenvalue weighted by atomic mass is 9.79. The number of hydrogen-bond acceptors (Lipinski definition) is 1. The van der Waals surface area contributed by atoms with Gasteiger partial charge < -0.3 is 0 Å². The van der Waals surface area contributed by atoms with E-state index < -0.39 is 0 Å². The highest BCUT2D eigenvalue weighted by Gasteiger charge is 2.33. The van der Waals surface area contributed by atoms with Crippen LogP contribution in [0.5, 0.6) is 0 Å². The van der Waals surface area contributed by atoms with E-state index in [4.69, 9.17) is 0 Å². The summed E-state index contributed by atoms with van der Waals surface area (Å²) in [5, 5.41) is 0. The summed E-state index contributed by atoms with van der Waals surface area (Å²) in [6.07, 6.45) is 2.81. The third kappa shape index (κ3) is 2.92. The van der Waals surface area contributed by atoms with Crippen LogP contribution in [0.2, 0.25) is 0 Å². The molecule has 3 rings (SSSR count). The molecule has 108 valence electrons. The number of Topliss-reactive ketones (excluding diaryl/α,β-unsaturated/α-hetero) is 1. The number of carbonyl (C=O) groups is 1. The smallest absolute Gasteiger partial charge is 0.136 e. The number of rotatable bonds is 3. The zero-order chi connectivity index (χ0) is 14.8. The largest absolute Gasteiger partial charge is 0.299 e. The highest BCUT2D eigenvalue weighted by molar-refractivity contribution is 5.84. The van der Waals surface area contributed by atoms with Crippen molar-refractivity contribution in [3.63, 3.8) is 0 Å². The van der Waals surface area contributed by atoms with Crippen molar-refractivity contribution in [3.05, 3.63) is 70.8 Å². The summed E-state index contributed by atoms with van der Waals surface area (Å²) in [6, 6.07) is 17.3. The molecule has 2 aromatic carbocycles. The average molecular weight is 278 g/mol. The summed E-state index contributed by atoms with van der Waals surface area (Å²) in [5.41, 5.74) is 5.06. The number of ketones is 1. The fraction of sp³-hybridized carbons (Fsp3) is 0.350. The minimum atomic E-state index is 0.149. The van der Waals surface area contributed by atoms with Gasteiger partial charge in [-0.2, -0.15) is 0 Å². The van der Waals surface area contributed by atoms with Crippen LogP contribution in [0.1, 0.15) is 47.4 Å². The minimum Gasteiger partial charge on any atom is -0.299 e. The number of aryl methyl sites for hydroxylation is 2. The van der Waals surface area contributed by atoms with Gasteiger partial charge in [-0.1, -0.05) is 59.7 Å². The Labute approximate surface area is 127 Å². The van der Waals surface area contributed by atoms with Crippen LogP contribution in [-0.4, -0.2) is 5.78 Å². The second-order valence-corrected chi connectivity index (χ2v) is 6.26. The molecule has 1 atom stereocenters. The van der Waals surface area contributed by atoms with Crippen LogP contribution in [0.25, 0.3) is 0 Å². The van der Waals surface area contributed by atoms with Crippen molar-refractivity contribution >= 4 is 5.78 Å². The minimum absolute atomic E-state index is 0.149. The van der Waals surface area contributed by atoms with Gasteiger partial charge in [-0.25, -0.2) is 0 Å². The Balaban J connectivity index is 2.03. The highest BCUT2D eigenvalue weighted by Crippen LogP contribution is 2.39. The molecule has 21 heavy (non-hydrogen) atoms. The quantitative estimate of drug-likeness (QED) is 0.788. The second-order valence-electron chi connectivity index (χ2n) is 6.26. The van der Waals surface area contributed by atoms with Crippen molar-refractivity contribution in [3.8, 4) is 0 Å². The third-order valence-electron chi connectivity index (χ3n) is 4.63. The first-order chi connectivity index (χ1) is 10.1. The first-order valence-electron chi connectivity index (χ1n) is 7.81. The van der Waals surface area contributed by atoms with Gasteiger partial charge >= 0.3 is 0 Å². The standard InChI is InChI=1S/C20H22O/c1-14-6-10-16(11-7-14)20(18-4-3-5-19(18)21)17-12-8-15(2)9-13-17/h6-13,18,20H,3-5H2,1-2H3. The SMILES string of the molecule is Cc1ccc(C(c2ccc(C)cc2)C2CCCC2=O)cc1. The topological polar surface area (TPSA) is 17.1 Å². The first kappa shape index (κ1) is 14.1. The predicted molar refractivity (Wildman–Crippen MR) is 86.5 cm³/mol. The average Bonchev–Trinajstić information content (AvgIpc) is 2.90. The van der Waals surface area contributed by atoms with Gasteiger partial charge in [-0.3, -0.25) is 4.79 Å². The second kappa shape index (κ2) is 5.85. The van der Waals surface area contributed by atoms with Crippen molar-refractivity contribution < 1.29 is 4.79 Å². The maximum Gasteiger partial charge on any atom is 0.136 e. The van der Waals surface area contributed by atoms with E-state index in [-0.39, 0.29) is 11.8 Å². The molecule has 0 N–H and O–H groups in total. The van der Waals surface area contributed by atoms with E-state index in [1.54, 1.807) is 0 Å². The molecule has 1 saturated carbocycles. The normalized spacial score (nSPS) is 18.4. The van der Waals surface area contributed by atoms with E-state index in [1.165, 1.54) is 22.3 Å². The van der Waals surface area contributed by atoms with Gasteiger partial charge in [0, 0.05) is 18.3 Å². The fourth-order valence-corrected chi connectivity index (χ4v) is 3.40. The monoisotopic (exact) mass is 278 g/mol. The first-order valence-corrected chi connectivity index (χ1v) is 7.81. The van der Waals surface area contributed by atoms with Crippen molar-refractivity contribution in [2.45, 2.75) is 39.0 Å². The van der Waals surface area contributed by atoms with Gasteiger partial charge in [-0.05, 0) is 37.8 Å². The molecule has 1 fully saturated rings. The molecule has 0 aromatic heterocycles. The molecule has 1 nitrogen and oxygen atoms in total. The maximum absolute atomic E-state index is 12.3. The van der Waals surface area contributed by atoms with Gasteiger partial charge in [0.15, 0.2) is 0 Å². The molecule has 1 aliphatic carbocycles. The summed E-state index contributed by atoms with van der Waals surface area (Å²) < 4.78 is 0. The summed E-state index contributed by atoms with van der Waals surface area (Å²) in [6.45, 7) is 4.21. The maximum atomic E-state index is 12.3. The van der Waals surface area contributed by atoms with Crippen LogP contribution in [0.4, 0.5) is 0 Å². The van der Waals surface area contributed by atoms with Gasteiger partial charge in [0.25, 0.3) is 0 Å². The molecular formula is C20H22O. The van der Waals surface area contributed by atoms with Crippen LogP contribution in [0, 0.1) is 19.8 Å². The lowest BCUT2D eigenvalue weighted by Gasteiger charge is -2.24. The van der Waals surface area contributed by atoms with Crippen molar-refractivity contribution in [1.29, 1.82) is 0 Å². The molecule has 0 spiro atoms. The van der Waals surface area contributed by atoms with Crippen molar-refractivity contribution in [1.82, 2.24) is 0 Å². The van der Waals surface area contributed by atoms with E-state index in [0.29, 0.717) is 5.78 Å². The Kier molecular flexibility index (Phi) is 3.92. The van der Waals surface area contributed by atoms with Crippen LogP contribution >= 0.6 is 0 Å². The molecule has 0 saturated heterocycles. The van der Waals surface area contributed by atoms with E-state index in [1.807, 2.05) is 0 Å². The highest BCUT2D eigenvalue weighted by atomic mass is 16.1. The Morgan fingerprint density at radius 2 is 1.33 bits per heavy atom. The number of carbonyl (C=O) groups excluding carboxylic acids is 1. The summed E-state index contributed by atoms with van der Waals surface area (Å²) in [4.78, 5) is 12.3. The Morgan fingerprint density at radius 3 is 1.71 bits per heavy atom. The molecule has 0 heterocycles. The fourth-order valence-electron chi connectivity index (χ4n) is 3.40. The third-order valence-corrected chi connectivity index (χ3v) is 4.63. The van der Waals surface area contributed by atoms with Gasteiger partial charge in [-0.15, -0.1) is 0 Å². The van der Waals surface area contributed by atoms with Gasteiger partial charge in [0.05, 0.1) is 0 Å². The lowest BCUT2D eigenvalue weighted by Crippen LogP contribution is -2.18. The van der Waals surface area contributed by atoms with E-state index in [0.717, 1.165) is 19.3 Å². The Morgan fingerprint density at radius 1 is 0.857 bits per heavy atom. The van der Waals surface area contributed by atoms with Crippen LogP contribution in [0.15, 0.2) is 48.5 Å². The van der Waals surface area contributed by atoms with Crippen molar-refractivity contribution in [2.75, 3.05) is 0 Å². The van der Waals surface area contributed by atoms with Crippen LogP contribution < -0.4 is 0 Å². The molecule has 0 bridgehead atoms. The van der Waals surface area contributed by atoms with Crippen molar-refractivity contribution in [2.24, 2.45) is 5.92 Å². The van der Waals surface area contributed by atoms with E-state index in [9.17, 15) is 4.79 Å². The van der Waals surface area contributed by atoms with E-state index >= 15 is 0 Å². The Hall–Kier alpha value is -1.89. The molecule has 0 radical (unpaired) electrons. The lowest BCUT2D eigenvalue weighted by molar-refractivity contribution is -0.121.